The van der Waals surface area contributed by atoms with Crippen molar-refractivity contribution in [1.29, 1.82) is 0 Å². The molecule has 1 aliphatic heterocycles. The van der Waals surface area contributed by atoms with Crippen LogP contribution in [0, 0.1) is 5.92 Å². The molecule has 16 heavy (non-hydrogen) atoms. The van der Waals surface area contributed by atoms with Crippen molar-refractivity contribution in [3.8, 4) is 0 Å². The molecule has 1 aromatic rings. The van der Waals surface area contributed by atoms with Crippen LogP contribution in [-0.4, -0.2) is 13.0 Å². The van der Waals surface area contributed by atoms with Gasteiger partial charge in [0.05, 0.1) is 17.3 Å². The Morgan fingerprint density at radius 1 is 1.44 bits per heavy atom. The topological polar surface area (TPSA) is 46.3 Å². The van der Waals surface area contributed by atoms with Crippen LogP contribution in [0.15, 0.2) is 18.2 Å². The van der Waals surface area contributed by atoms with Crippen LogP contribution in [0.5, 0.6) is 0 Å². The average Bonchev–Trinajstić information content (AvgIpc) is 2.44. The molecular weight excluding hydrogens is 200 g/mol. The minimum absolute atomic E-state index is 0.0106. The molecule has 2 rings (SSSR count). The van der Waals surface area contributed by atoms with Crippen LogP contribution < -0.4 is 10.6 Å². The number of carbonyl (C=O) groups excluding carboxylic acids is 1. The van der Waals surface area contributed by atoms with Gasteiger partial charge in [0.2, 0.25) is 5.91 Å². The zero-order chi connectivity index (χ0) is 11.9. The number of nitrogens with zero attached hydrogens (tertiary/aromatic N) is 1. The fourth-order valence-electron chi connectivity index (χ4n) is 2.42. The molecule has 3 heteroatoms. The lowest BCUT2D eigenvalue weighted by molar-refractivity contribution is -0.119. The van der Waals surface area contributed by atoms with Crippen molar-refractivity contribution >= 4 is 17.3 Å². The number of carbonyl (C=O) groups is 1. The van der Waals surface area contributed by atoms with Crippen molar-refractivity contribution in [3.63, 3.8) is 0 Å². The van der Waals surface area contributed by atoms with Gasteiger partial charge in [-0.2, -0.15) is 0 Å². The van der Waals surface area contributed by atoms with Gasteiger partial charge in [0.25, 0.3) is 0 Å². The summed E-state index contributed by atoms with van der Waals surface area (Å²) in [4.78, 5) is 13.8. The molecule has 0 saturated carbocycles. The third-order valence-corrected chi connectivity index (χ3v) is 3.15. The first-order valence-electron chi connectivity index (χ1n) is 5.68. The van der Waals surface area contributed by atoms with Gasteiger partial charge in [0, 0.05) is 7.05 Å². The van der Waals surface area contributed by atoms with E-state index in [4.69, 9.17) is 5.73 Å². The largest absolute Gasteiger partial charge is 0.397 e. The van der Waals surface area contributed by atoms with Gasteiger partial charge in [-0.1, -0.05) is 26.0 Å². The Labute approximate surface area is 96.2 Å². The average molecular weight is 218 g/mol. The number of benzene rings is 1. The van der Waals surface area contributed by atoms with E-state index in [2.05, 4.69) is 13.8 Å². The maximum Gasteiger partial charge on any atom is 0.234 e. The summed E-state index contributed by atoms with van der Waals surface area (Å²) >= 11 is 0. The van der Waals surface area contributed by atoms with Crippen LogP contribution in [-0.2, 0) is 4.79 Å². The van der Waals surface area contributed by atoms with E-state index in [0.29, 0.717) is 11.6 Å². The van der Waals surface area contributed by atoms with Gasteiger partial charge in [-0.3, -0.25) is 4.79 Å². The Balaban J connectivity index is 2.46. The SMILES string of the molecule is CC(C)CC1C(=O)N(C)c2c(N)cccc21. The van der Waals surface area contributed by atoms with Gasteiger partial charge in [0.1, 0.15) is 0 Å². The van der Waals surface area contributed by atoms with Gasteiger partial charge in [-0.25, -0.2) is 0 Å². The summed E-state index contributed by atoms with van der Waals surface area (Å²) in [6.07, 6.45) is 0.889. The second kappa shape index (κ2) is 3.81. The van der Waals surface area contributed by atoms with E-state index in [1.165, 1.54) is 0 Å². The number of rotatable bonds is 2. The van der Waals surface area contributed by atoms with Crippen LogP contribution >= 0.6 is 0 Å². The van der Waals surface area contributed by atoms with Crippen molar-refractivity contribution in [2.24, 2.45) is 5.92 Å². The predicted molar refractivity (Wildman–Crippen MR) is 66.5 cm³/mol. The van der Waals surface area contributed by atoms with Gasteiger partial charge >= 0.3 is 0 Å². The van der Waals surface area contributed by atoms with E-state index in [-0.39, 0.29) is 11.8 Å². The molecule has 1 atom stereocenters. The molecule has 0 bridgehead atoms. The number of anilines is 2. The molecule has 0 radical (unpaired) electrons. The van der Waals surface area contributed by atoms with Gasteiger partial charge < -0.3 is 10.6 Å². The monoisotopic (exact) mass is 218 g/mol. The lowest BCUT2D eigenvalue weighted by Crippen LogP contribution is -2.25. The Bertz CT molecular complexity index is 426. The fourth-order valence-corrected chi connectivity index (χ4v) is 2.42. The van der Waals surface area contributed by atoms with Crippen LogP contribution in [0.25, 0.3) is 0 Å². The van der Waals surface area contributed by atoms with E-state index in [1.54, 1.807) is 11.9 Å². The summed E-state index contributed by atoms with van der Waals surface area (Å²) in [6, 6.07) is 5.79. The standard InChI is InChI=1S/C13H18N2O/c1-8(2)7-10-9-5-4-6-11(14)12(9)15(3)13(10)16/h4-6,8,10H,7,14H2,1-3H3. The first-order chi connectivity index (χ1) is 7.52. The van der Waals surface area contributed by atoms with Crippen molar-refractivity contribution in [2.75, 3.05) is 17.7 Å². The number of hydrogen-bond acceptors (Lipinski definition) is 2. The molecule has 0 aliphatic carbocycles. The number of nitrogen functional groups attached to an aromatic ring is 1. The second-order valence-electron chi connectivity index (χ2n) is 4.86. The highest BCUT2D eigenvalue weighted by Crippen LogP contribution is 2.42. The Kier molecular flexibility index (Phi) is 2.62. The number of hydrogen-bond donors (Lipinski definition) is 1. The van der Waals surface area contributed by atoms with E-state index in [9.17, 15) is 4.79 Å². The van der Waals surface area contributed by atoms with Crippen LogP contribution in [0.4, 0.5) is 11.4 Å². The minimum Gasteiger partial charge on any atom is -0.397 e. The highest BCUT2D eigenvalue weighted by molar-refractivity contribution is 6.07. The maximum absolute atomic E-state index is 12.1. The molecule has 86 valence electrons. The van der Waals surface area contributed by atoms with Crippen LogP contribution in [0.3, 0.4) is 0 Å². The normalized spacial score (nSPS) is 19.4. The molecule has 1 heterocycles. The zero-order valence-electron chi connectivity index (χ0n) is 10.0. The van der Waals surface area contributed by atoms with E-state index in [1.807, 2.05) is 18.2 Å². The Morgan fingerprint density at radius 2 is 2.12 bits per heavy atom. The summed E-state index contributed by atoms with van der Waals surface area (Å²) in [5.74, 6) is 0.667. The van der Waals surface area contributed by atoms with Crippen molar-refractivity contribution in [2.45, 2.75) is 26.2 Å². The number of nitrogens with two attached hydrogens (primary N) is 1. The Morgan fingerprint density at radius 3 is 2.75 bits per heavy atom. The third-order valence-electron chi connectivity index (χ3n) is 3.15. The highest BCUT2D eigenvalue weighted by atomic mass is 16.2. The summed E-state index contributed by atoms with van der Waals surface area (Å²) < 4.78 is 0. The van der Waals surface area contributed by atoms with Crippen molar-refractivity contribution in [3.05, 3.63) is 23.8 Å². The maximum atomic E-state index is 12.1. The zero-order valence-corrected chi connectivity index (χ0v) is 10.0. The van der Waals surface area contributed by atoms with Gasteiger partial charge in [-0.05, 0) is 24.0 Å². The van der Waals surface area contributed by atoms with Gasteiger partial charge in [-0.15, -0.1) is 0 Å². The lowest BCUT2D eigenvalue weighted by atomic mass is 9.91. The molecule has 0 saturated heterocycles. The van der Waals surface area contributed by atoms with E-state index < -0.39 is 0 Å². The first kappa shape index (κ1) is 11.0. The summed E-state index contributed by atoms with van der Waals surface area (Å²) in [6.45, 7) is 4.27. The van der Waals surface area contributed by atoms with E-state index in [0.717, 1.165) is 17.7 Å². The number of likely N-dealkylation sites (N-methyl/N-ethyl adjacent to an activating group) is 1. The summed E-state index contributed by atoms with van der Waals surface area (Å²) in [5, 5.41) is 0. The minimum atomic E-state index is -0.0106. The summed E-state index contributed by atoms with van der Waals surface area (Å²) in [7, 11) is 1.80. The molecule has 1 unspecified atom stereocenters. The lowest BCUT2D eigenvalue weighted by Gasteiger charge is -2.13. The van der Waals surface area contributed by atoms with E-state index >= 15 is 0 Å². The molecule has 0 fully saturated rings. The van der Waals surface area contributed by atoms with Crippen LogP contribution in [0.2, 0.25) is 0 Å². The molecule has 0 aromatic heterocycles. The van der Waals surface area contributed by atoms with Crippen molar-refractivity contribution in [1.82, 2.24) is 0 Å². The molecule has 1 aromatic carbocycles. The number of fused-ring (bicyclic) bond motifs is 1. The molecule has 2 N–H and O–H groups in total. The Hall–Kier alpha value is -1.51. The quantitative estimate of drug-likeness (QED) is 0.775. The molecule has 1 amide bonds. The van der Waals surface area contributed by atoms with Crippen LogP contribution in [0.1, 0.15) is 31.7 Å². The predicted octanol–water partition coefficient (Wildman–Crippen LogP) is 2.37. The first-order valence-corrected chi connectivity index (χ1v) is 5.68. The number of para-hydroxylation sites is 1. The van der Waals surface area contributed by atoms with Gasteiger partial charge in [0.15, 0.2) is 0 Å². The molecule has 3 nitrogen and oxygen atoms in total. The fraction of sp³-hybridized carbons (Fsp3) is 0.462. The smallest absolute Gasteiger partial charge is 0.234 e. The molecular formula is C13H18N2O. The number of amides is 1. The third kappa shape index (κ3) is 1.56. The second-order valence-corrected chi connectivity index (χ2v) is 4.86. The molecule has 1 aliphatic rings. The molecule has 0 spiro atoms. The highest BCUT2D eigenvalue weighted by Gasteiger charge is 2.36. The summed E-state index contributed by atoms with van der Waals surface area (Å²) in [5.41, 5.74) is 8.60. The van der Waals surface area contributed by atoms with Crippen molar-refractivity contribution < 1.29 is 4.79 Å².